The van der Waals surface area contributed by atoms with E-state index in [0.717, 1.165) is 37.5 Å². The highest BCUT2D eigenvalue weighted by molar-refractivity contribution is 5.79. The van der Waals surface area contributed by atoms with Crippen LogP contribution in [0.4, 0.5) is 0 Å². The largest absolute Gasteiger partial charge is 0.393 e. The average molecular weight is 292 g/mol. The fourth-order valence-corrected chi connectivity index (χ4v) is 6.14. The van der Waals surface area contributed by atoms with Crippen LogP contribution in [0, 0.1) is 34.5 Å². The molecule has 3 aliphatic rings. The van der Waals surface area contributed by atoms with Gasteiger partial charge in [-0.25, -0.2) is 0 Å². The summed E-state index contributed by atoms with van der Waals surface area (Å²) in [7, 11) is 0. The van der Waals surface area contributed by atoms with E-state index in [0.29, 0.717) is 23.0 Å². The molecule has 3 fully saturated rings. The zero-order valence-corrected chi connectivity index (χ0v) is 14.2. The summed E-state index contributed by atoms with van der Waals surface area (Å²) in [6.07, 6.45) is 7.41. The lowest BCUT2D eigenvalue weighted by molar-refractivity contribution is -0.147. The predicted molar refractivity (Wildman–Crippen MR) is 84.9 cm³/mol. The third kappa shape index (κ3) is 2.20. The van der Waals surface area contributed by atoms with Gasteiger partial charge in [0, 0.05) is 12.8 Å². The fraction of sp³-hybridized carbons (Fsp3) is 0.947. The lowest BCUT2D eigenvalue weighted by Crippen LogP contribution is -2.55. The molecule has 3 aliphatic carbocycles. The first-order valence-corrected chi connectivity index (χ1v) is 8.99. The molecule has 1 N–H and O–H groups in total. The summed E-state index contributed by atoms with van der Waals surface area (Å²) in [6, 6.07) is 0. The molecule has 7 atom stereocenters. The Morgan fingerprint density at radius 3 is 2.57 bits per heavy atom. The van der Waals surface area contributed by atoms with Crippen molar-refractivity contribution in [3.63, 3.8) is 0 Å². The molecule has 0 aromatic heterocycles. The van der Waals surface area contributed by atoms with Gasteiger partial charge in [0.15, 0.2) is 0 Å². The summed E-state index contributed by atoms with van der Waals surface area (Å²) >= 11 is 0. The Morgan fingerprint density at radius 2 is 1.90 bits per heavy atom. The fourth-order valence-electron chi connectivity index (χ4n) is 6.14. The zero-order valence-electron chi connectivity index (χ0n) is 14.2. The second-order valence-electron chi connectivity index (χ2n) is 8.80. The van der Waals surface area contributed by atoms with Gasteiger partial charge in [-0.1, -0.05) is 20.8 Å². The molecule has 7 unspecified atom stereocenters. The normalized spacial score (nSPS) is 52.0. The van der Waals surface area contributed by atoms with E-state index in [1.54, 1.807) is 0 Å². The first-order valence-electron chi connectivity index (χ1n) is 8.99. The van der Waals surface area contributed by atoms with Crippen molar-refractivity contribution in [3.8, 4) is 0 Å². The molecule has 0 aromatic carbocycles. The lowest BCUT2D eigenvalue weighted by atomic mass is 9.44. The van der Waals surface area contributed by atoms with E-state index in [1.165, 1.54) is 19.3 Å². The van der Waals surface area contributed by atoms with Gasteiger partial charge in [-0.3, -0.25) is 4.79 Å². The summed E-state index contributed by atoms with van der Waals surface area (Å²) in [5.41, 5.74) is 0.458. The smallest absolute Gasteiger partial charge is 0.133 e. The van der Waals surface area contributed by atoms with Crippen LogP contribution >= 0.6 is 0 Å². The van der Waals surface area contributed by atoms with Crippen LogP contribution in [0.15, 0.2) is 0 Å². The maximum Gasteiger partial charge on any atom is 0.133 e. The van der Waals surface area contributed by atoms with Gasteiger partial charge in [-0.05, 0) is 73.5 Å². The Balaban J connectivity index is 1.86. The van der Waals surface area contributed by atoms with Crippen molar-refractivity contribution in [2.75, 3.05) is 0 Å². The summed E-state index contributed by atoms with van der Waals surface area (Å²) in [5, 5.41) is 10.3. The minimum Gasteiger partial charge on any atom is -0.393 e. The van der Waals surface area contributed by atoms with Crippen molar-refractivity contribution in [3.05, 3.63) is 0 Å². The molecule has 3 rings (SSSR count). The monoisotopic (exact) mass is 292 g/mol. The number of rotatable bonds is 1. The van der Waals surface area contributed by atoms with Crippen molar-refractivity contribution in [2.24, 2.45) is 34.5 Å². The van der Waals surface area contributed by atoms with Crippen LogP contribution in [-0.4, -0.2) is 17.0 Å². The van der Waals surface area contributed by atoms with Gasteiger partial charge in [0.25, 0.3) is 0 Å². The number of carbonyl (C=O) groups excluding carboxylic acids is 1. The molecule has 0 amide bonds. The topological polar surface area (TPSA) is 37.3 Å². The maximum absolute atomic E-state index is 11.8. The van der Waals surface area contributed by atoms with Gasteiger partial charge < -0.3 is 5.11 Å². The molecule has 0 radical (unpaired) electrons. The molecule has 0 aliphatic heterocycles. The van der Waals surface area contributed by atoms with Crippen LogP contribution in [0.3, 0.4) is 0 Å². The molecule has 21 heavy (non-hydrogen) atoms. The van der Waals surface area contributed by atoms with Gasteiger partial charge in [-0.2, -0.15) is 0 Å². The molecule has 0 spiro atoms. The summed E-state index contributed by atoms with van der Waals surface area (Å²) < 4.78 is 0. The third-order valence-electron chi connectivity index (χ3n) is 8.19. The number of hydrogen-bond donors (Lipinski definition) is 1. The highest BCUT2D eigenvalue weighted by Crippen LogP contribution is 2.63. The van der Waals surface area contributed by atoms with E-state index in [4.69, 9.17) is 0 Å². The lowest BCUT2D eigenvalue weighted by Gasteiger charge is -2.60. The Hall–Kier alpha value is -0.370. The van der Waals surface area contributed by atoms with Crippen LogP contribution in [0.1, 0.15) is 72.6 Å². The molecular formula is C19H32O2. The van der Waals surface area contributed by atoms with Crippen molar-refractivity contribution in [2.45, 2.75) is 78.7 Å². The Labute approximate surface area is 129 Å². The second-order valence-corrected chi connectivity index (χ2v) is 8.80. The van der Waals surface area contributed by atoms with Crippen LogP contribution in [0.5, 0.6) is 0 Å². The quantitative estimate of drug-likeness (QED) is 0.786. The summed E-state index contributed by atoms with van der Waals surface area (Å²) in [4.78, 5) is 11.8. The number of aliphatic hydroxyl groups excluding tert-OH is 1. The van der Waals surface area contributed by atoms with Crippen LogP contribution in [-0.2, 0) is 4.79 Å². The summed E-state index contributed by atoms with van der Waals surface area (Å²) in [5.74, 6) is 3.22. The standard InChI is InChI=1S/C19H32O2/c1-12-16-6-5-14-11-15(21)7-9-19(14,4)17(16)8-10-18(12,3)13(2)20/h12-14,16-17,20H,5-11H2,1-4H3. The minimum absolute atomic E-state index is 0.0782. The number of hydrogen-bond acceptors (Lipinski definition) is 2. The average Bonchev–Trinajstić information content (AvgIpc) is 2.43. The van der Waals surface area contributed by atoms with Gasteiger partial charge in [0.05, 0.1) is 6.10 Å². The van der Waals surface area contributed by atoms with E-state index in [2.05, 4.69) is 20.8 Å². The van der Waals surface area contributed by atoms with Crippen LogP contribution in [0.2, 0.25) is 0 Å². The Kier molecular flexibility index (Phi) is 3.75. The highest BCUT2D eigenvalue weighted by Gasteiger charge is 2.56. The molecule has 2 heteroatoms. The van der Waals surface area contributed by atoms with Crippen molar-refractivity contribution < 1.29 is 9.90 Å². The molecule has 120 valence electrons. The van der Waals surface area contributed by atoms with Crippen LogP contribution in [0.25, 0.3) is 0 Å². The van der Waals surface area contributed by atoms with Gasteiger partial charge >= 0.3 is 0 Å². The van der Waals surface area contributed by atoms with Gasteiger partial charge in [0.2, 0.25) is 0 Å². The molecule has 0 heterocycles. The first kappa shape index (κ1) is 15.5. The molecule has 3 saturated carbocycles. The third-order valence-corrected chi connectivity index (χ3v) is 8.19. The molecule has 2 nitrogen and oxygen atoms in total. The first-order chi connectivity index (χ1) is 9.79. The summed E-state index contributed by atoms with van der Waals surface area (Å²) in [6.45, 7) is 9.11. The number of fused-ring (bicyclic) bond motifs is 3. The van der Waals surface area contributed by atoms with Crippen molar-refractivity contribution >= 4 is 5.78 Å². The van der Waals surface area contributed by atoms with E-state index in [-0.39, 0.29) is 11.5 Å². The number of Topliss-reactive ketones (excluding diaryl/α,β-unsaturated/α-hetero) is 1. The SMILES string of the molecule is CC(O)C1(C)CCC2C(CCC3CC(=O)CCC32C)C1C. The molecular weight excluding hydrogens is 260 g/mol. The Bertz CT molecular complexity index is 429. The predicted octanol–water partition coefficient (Wildman–Crippen LogP) is 4.21. The van der Waals surface area contributed by atoms with E-state index >= 15 is 0 Å². The van der Waals surface area contributed by atoms with Crippen molar-refractivity contribution in [1.29, 1.82) is 0 Å². The maximum atomic E-state index is 11.8. The highest BCUT2D eigenvalue weighted by atomic mass is 16.3. The number of aliphatic hydroxyl groups is 1. The molecule has 0 saturated heterocycles. The van der Waals surface area contributed by atoms with E-state index in [9.17, 15) is 9.90 Å². The molecule has 0 bridgehead atoms. The zero-order chi connectivity index (χ0) is 15.4. The van der Waals surface area contributed by atoms with E-state index in [1.807, 2.05) is 6.92 Å². The van der Waals surface area contributed by atoms with Crippen LogP contribution < -0.4 is 0 Å². The number of ketones is 1. The Morgan fingerprint density at radius 1 is 1.19 bits per heavy atom. The second kappa shape index (κ2) is 5.08. The van der Waals surface area contributed by atoms with E-state index < -0.39 is 0 Å². The molecule has 0 aromatic rings. The van der Waals surface area contributed by atoms with Crippen molar-refractivity contribution in [1.82, 2.24) is 0 Å². The van der Waals surface area contributed by atoms with Gasteiger partial charge in [-0.15, -0.1) is 0 Å². The number of carbonyl (C=O) groups is 1. The minimum atomic E-state index is -0.216. The van der Waals surface area contributed by atoms with Gasteiger partial charge in [0.1, 0.15) is 5.78 Å².